The highest BCUT2D eigenvalue weighted by Crippen LogP contribution is 2.38. The van der Waals surface area contributed by atoms with Gasteiger partial charge in [-0.1, -0.05) is 12.7 Å². The molecule has 2 fully saturated rings. The Bertz CT molecular complexity index is 1090. The fraction of sp³-hybridized carbons (Fsp3) is 0.577. The molecule has 2 aliphatic rings. The molecule has 0 aliphatic carbocycles. The van der Waals surface area contributed by atoms with Crippen LogP contribution >= 0.6 is 0 Å². The molecule has 5 atom stereocenters. The van der Waals surface area contributed by atoms with Crippen LogP contribution in [-0.4, -0.2) is 61.9 Å². The molecule has 9 heteroatoms. The fourth-order valence-corrected chi connectivity index (χ4v) is 4.67. The summed E-state index contributed by atoms with van der Waals surface area (Å²) in [7, 11) is 1.52. The second kappa shape index (κ2) is 10.7. The Morgan fingerprint density at radius 2 is 2.06 bits per heavy atom. The molecule has 1 N–H and O–H groups in total. The van der Waals surface area contributed by atoms with Crippen molar-refractivity contribution < 1.29 is 37.9 Å². The fourth-order valence-electron chi connectivity index (χ4n) is 4.67. The third kappa shape index (κ3) is 5.39. The van der Waals surface area contributed by atoms with Gasteiger partial charge in [-0.2, -0.15) is 0 Å². The van der Waals surface area contributed by atoms with E-state index in [1.54, 1.807) is 25.1 Å². The predicted molar refractivity (Wildman–Crippen MR) is 128 cm³/mol. The summed E-state index contributed by atoms with van der Waals surface area (Å²) >= 11 is 0. The van der Waals surface area contributed by atoms with Gasteiger partial charge in [0.25, 0.3) is 0 Å². The molecule has 2 saturated heterocycles. The number of hydrogen-bond acceptors (Lipinski definition) is 9. The van der Waals surface area contributed by atoms with Gasteiger partial charge in [-0.15, -0.1) is 0 Å². The Morgan fingerprint density at radius 3 is 2.74 bits per heavy atom. The van der Waals surface area contributed by atoms with Crippen LogP contribution in [0.15, 0.2) is 40.1 Å². The maximum Gasteiger partial charge on any atom is 0.339 e. The first kappa shape index (κ1) is 25.7. The summed E-state index contributed by atoms with van der Waals surface area (Å²) in [5.74, 6) is 0.818. The Kier molecular flexibility index (Phi) is 7.83. The first-order chi connectivity index (χ1) is 16.7. The maximum atomic E-state index is 12.2. The molecule has 1 unspecified atom stereocenters. The number of aliphatic hydroxyl groups excluding tert-OH is 1. The highest BCUT2D eigenvalue weighted by Gasteiger charge is 2.52. The molecule has 192 valence electrons. The van der Waals surface area contributed by atoms with Gasteiger partial charge in [0.05, 0.1) is 17.1 Å². The summed E-state index contributed by atoms with van der Waals surface area (Å²) in [6, 6.07) is 4.80. The standard InChI is InChI=1S/C26H34O9/c1-6-12-30-18-14-19(27)33-22-15(2)17(11-10-16(18)22)32-25-23(34-20-9-7-8-13-31-20)21(28)24(29-5)26(3,4)35-25/h6,10-11,14,20-21,23-25,28H,1,7-9,12-13H2,2-5H3/t20?,21-,23-,24-,25-/m1/s1. The number of benzene rings is 1. The van der Waals surface area contributed by atoms with Gasteiger partial charge >= 0.3 is 5.63 Å². The summed E-state index contributed by atoms with van der Waals surface area (Å²) in [5, 5.41) is 11.8. The van der Waals surface area contributed by atoms with Crippen molar-refractivity contribution in [3.8, 4) is 11.5 Å². The highest BCUT2D eigenvalue weighted by molar-refractivity contribution is 5.87. The van der Waals surface area contributed by atoms with Gasteiger partial charge in [0, 0.05) is 19.3 Å². The molecule has 1 aromatic heterocycles. The van der Waals surface area contributed by atoms with E-state index >= 15 is 0 Å². The van der Waals surface area contributed by atoms with E-state index in [1.807, 2.05) is 13.8 Å². The molecule has 2 aliphatic heterocycles. The minimum Gasteiger partial charge on any atom is -0.489 e. The molecule has 0 amide bonds. The maximum absolute atomic E-state index is 12.2. The van der Waals surface area contributed by atoms with Crippen molar-refractivity contribution in [2.75, 3.05) is 20.3 Å². The molecule has 0 bridgehead atoms. The lowest BCUT2D eigenvalue weighted by atomic mass is 9.89. The first-order valence-corrected chi connectivity index (χ1v) is 11.9. The number of methoxy groups -OCH3 is 1. The van der Waals surface area contributed by atoms with E-state index < -0.39 is 42.1 Å². The van der Waals surface area contributed by atoms with E-state index in [-0.39, 0.29) is 6.61 Å². The minimum absolute atomic E-state index is 0.252. The van der Waals surface area contributed by atoms with Crippen LogP contribution in [0.5, 0.6) is 11.5 Å². The Balaban J connectivity index is 1.67. The van der Waals surface area contributed by atoms with Gasteiger partial charge in [-0.25, -0.2) is 4.79 Å². The largest absolute Gasteiger partial charge is 0.489 e. The molecule has 2 aromatic rings. The first-order valence-electron chi connectivity index (χ1n) is 11.9. The van der Waals surface area contributed by atoms with E-state index in [2.05, 4.69) is 6.58 Å². The van der Waals surface area contributed by atoms with E-state index in [4.69, 9.17) is 32.8 Å². The van der Waals surface area contributed by atoms with Gasteiger partial charge in [0.15, 0.2) is 12.4 Å². The average molecular weight is 491 g/mol. The topological polar surface area (TPSA) is 106 Å². The van der Waals surface area contributed by atoms with Crippen molar-refractivity contribution in [1.29, 1.82) is 0 Å². The van der Waals surface area contributed by atoms with Crippen LogP contribution in [0.4, 0.5) is 0 Å². The zero-order valence-corrected chi connectivity index (χ0v) is 20.7. The number of ether oxygens (including phenoxy) is 6. The van der Waals surface area contributed by atoms with Crippen molar-refractivity contribution in [2.45, 2.75) is 76.5 Å². The number of hydrogen-bond donors (Lipinski definition) is 1. The Morgan fingerprint density at radius 1 is 1.26 bits per heavy atom. The molecule has 4 rings (SSSR count). The molecule has 0 spiro atoms. The number of rotatable bonds is 8. The summed E-state index contributed by atoms with van der Waals surface area (Å²) < 4.78 is 41.1. The van der Waals surface area contributed by atoms with E-state index in [0.717, 1.165) is 12.8 Å². The summed E-state index contributed by atoms with van der Waals surface area (Å²) in [6.07, 6.45) is 0.257. The SMILES string of the molecule is C=CCOc1cc(=O)oc2c(C)c(O[C@@H]3OC(C)(C)[C@H](OC)[C@H](O)[C@H]3OC3CCCCO3)ccc12. The van der Waals surface area contributed by atoms with Crippen molar-refractivity contribution >= 4 is 11.0 Å². The van der Waals surface area contributed by atoms with Crippen molar-refractivity contribution in [3.05, 3.63) is 46.8 Å². The van der Waals surface area contributed by atoms with Crippen LogP contribution < -0.4 is 15.1 Å². The normalized spacial score (nSPS) is 28.5. The molecule has 3 heterocycles. The van der Waals surface area contributed by atoms with Crippen molar-refractivity contribution in [2.24, 2.45) is 0 Å². The second-order valence-corrected chi connectivity index (χ2v) is 9.35. The predicted octanol–water partition coefficient (Wildman–Crippen LogP) is 3.47. The van der Waals surface area contributed by atoms with Gasteiger partial charge in [-0.3, -0.25) is 0 Å². The van der Waals surface area contributed by atoms with Crippen LogP contribution in [0.3, 0.4) is 0 Å². The van der Waals surface area contributed by atoms with E-state index in [1.165, 1.54) is 13.2 Å². The monoisotopic (exact) mass is 490 g/mol. The quantitative estimate of drug-likeness (QED) is 0.440. The second-order valence-electron chi connectivity index (χ2n) is 9.35. The Hall–Kier alpha value is -2.43. The number of aryl methyl sites for hydroxylation is 1. The average Bonchev–Trinajstić information content (AvgIpc) is 2.82. The molecule has 35 heavy (non-hydrogen) atoms. The van der Waals surface area contributed by atoms with Gasteiger partial charge in [-0.05, 0) is 52.2 Å². The van der Waals surface area contributed by atoms with Gasteiger partial charge in [0.1, 0.15) is 35.9 Å². The van der Waals surface area contributed by atoms with Gasteiger partial charge in [0.2, 0.25) is 6.29 Å². The summed E-state index contributed by atoms with van der Waals surface area (Å²) in [6.45, 7) is 9.91. The summed E-state index contributed by atoms with van der Waals surface area (Å²) in [4.78, 5) is 12.2. The summed E-state index contributed by atoms with van der Waals surface area (Å²) in [5.41, 5.74) is -0.482. The van der Waals surface area contributed by atoms with Crippen LogP contribution in [0.2, 0.25) is 0 Å². The molecule has 9 nitrogen and oxygen atoms in total. The molecule has 0 radical (unpaired) electrons. The Labute approximate surface area is 204 Å². The lowest BCUT2D eigenvalue weighted by Gasteiger charge is -2.48. The third-order valence-corrected chi connectivity index (χ3v) is 6.39. The minimum atomic E-state index is -1.03. The molecular weight excluding hydrogens is 456 g/mol. The smallest absolute Gasteiger partial charge is 0.339 e. The van der Waals surface area contributed by atoms with Crippen LogP contribution in [-0.2, 0) is 18.9 Å². The van der Waals surface area contributed by atoms with Crippen LogP contribution in [0.25, 0.3) is 11.0 Å². The highest BCUT2D eigenvalue weighted by atomic mass is 16.7. The zero-order chi connectivity index (χ0) is 25.2. The van der Waals surface area contributed by atoms with Crippen LogP contribution in [0.1, 0.15) is 38.7 Å². The number of fused-ring (bicyclic) bond motifs is 1. The molecule has 0 saturated carbocycles. The third-order valence-electron chi connectivity index (χ3n) is 6.39. The van der Waals surface area contributed by atoms with E-state index in [9.17, 15) is 9.90 Å². The zero-order valence-electron chi connectivity index (χ0n) is 20.7. The van der Waals surface area contributed by atoms with E-state index in [0.29, 0.717) is 41.1 Å². The number of aliphatic hydroxyl groups is 1. The van der Waals surface area contributed by atoms with Crippen molar-refractivity contribution in [1.82, 2.24) is 0 Å². The van der Waals surface area contributed by atoms with Gasteiger partial charge < -0.3 is 37.9 Å². The molecular formula is C26H34O9. The lowest BCUT2D eigenvalue weighted by Crippen LogP contribution is -2.65. The lowest BCUT2D eigenvalue weighted by molar-refractivity contribution is -0.339. The van der Waals surface area contributed by atoms with Crippen molar-refractivity contribution in [3.63, 3.8) is 0 Å². The molecule has 1 aromatic carbocycles. The van der Waals surface area contributed by atoms with Crippen LogP contribution in [0, 0.1) is 6.92 Å².